The topological polar surface area (TPSA) is 67.9 Å². The van der Waals surface area contributed by atoms with Crippen LogP contribution < -0.4 is 5.32 Å². The molecule has 1 N–H and O–H groups in total. The van der Waals surface area contributed by atoms with Crippen molar-refractivity contribution in [2.75, 3.05) is 20.7 Å². The van der Waals surface area contributed by atoms with Crippen molar-refractivity contribution in [1.82, 2.24) is 10.4 Å². The highest BCUT2D eigenvalue weighted by Gasteiger charge is 2.42. The Balaban J connectivity index is 4.35. The van der Waals surface area contributed by atoms with E-state index >= 15 is 0 Å². The molecule has 106 valence electrons. The van der Waals surface area contributed by atoms with Gasteiger partial charge in [-0.1, -0.05) is 0 Å². The van der Waals surface area contributed by atoms with Crippen LogP contribution in [0.5, 0.6) is 0 Å². The zero-order valence-electron chi connectivity index (χ0n) is 11.0. The Morgan fingerprint density at radius 3 is 2.17 bits per heavy atom. The summed E-state index contributed by atoms with van der Waals surface area (Å²) >= 11 is 0. The number of hydroxylamine groups is 2. The zero-order chi connectivity index (χ0) is 14.6. The van der Waals surface area contributed by atoms with Gasteiger partial charge in [0.1, 0.15) is 5.60 Å². The van der Waals surface area contributed by atoms with E-state index in [1.807, 2.05) is 5.32 Å². The lowest BCUT2D eigenvalue weighted by molar-refractivity contribution is -0.193. The van der Waals surface area contributed by atoms with E-state index in [1.165, 1.54) is 0 Å². The van der Waals surface area contributed by atoms with Crippen LogP contribution in [0.4, 0.5) is 13.6 Å². The molecule has 2 amide bonds. The van der Waals surface area contributed by atoms with Crippen molar-refractivity contribution in [1.29, 1.82) is 0 Å². The average Bonchev–Trinajstić information content (AvgIpc) is 2.22. The molecule has 0 fully saturated rings. The number of halogens is 2. The SMILES string of the molecule is CON(C)C(=O)C(F)(F)CNC(=O)OC(C)(C)C. The lowest BCUT2D eigenvalue weighted by Gasteiger charge is -2.23. The molecule has 0 saturated heterocycles. The number of carbonyl (C=O) groups is 2. The molecule has 0 heterocycles. The molecule has 0 unspecified atom stereocenters. The van der Waals surface area contributed by atoms with Gasteiger partial charge in [0.05, 0.1) is 13.7 Å². The van der Waals surface area contributed by atoms with Crippen LogP contribution in [0.2, 0.25) is 0 Å². The van der Waals surface area contributed by atoms with Crippen LogP contribution in [0.25, 0.3) is 0 Å². The summed E-state index contributed by atoms with van der Waals surface area (Å²) in [7, 11) is 2.12. The number of alkyl carbamates (subject to hydrolysis) is 1. The van der Waals surface area contributed by atoms with E-state index in [9.17, 15) is 18.4 Å². The highest BCUT2D eigenvalue weighted by molar-refractivity contribution is 5.83. The van der Waals surface area contributed by atoms with Crippen LogP contribution in [0, 0.1) is 0 Å². The number of amides is 2. The Morgan fingerprint density at radius 1 is 1.28 bits per heavy atom. The monoisotopic (exact) mass is 268 g/mol. The molecule has 0 aliphatic rings. The highest BCUT2D eigenvalue weighted by Crippen LogP contribution is 2.16. The van der Waals surface area contributed by atoms with Crippen molar-refractivity contribution in [2.45, 2.75) is 32.3 Å². The molecule has 0 aromatic carbocycles. The second-order valence-electron chi connectivity index (χ2n) is 4.55. The summed E-state index contributed by atoms with van der Waals surface area (Å²) < 4.78 is 31.4. The molecular weight excluding hydrogens is 250 g/mol. The highest BCUT2D eigenvalue weighted by atomic mass is 19.3. The van der Waals surface area contributed by atoms with E-state index in [0.717, 1.165) is 14.2 Å². The molecule has 0 spiro atoms. The molecule has 18 heavy (non-hydrogen) atoms. The normalized spacial score (nSPS) is 11.9. The molecular formula is C10H18F2N2O4. The molecule has 0 bridgehead atoms. The minimum Gasteiger partial charge on any atom is -0.444 e. The van der Waals surface area contributed by atoms with E-state index in [0.29, 0.717) is 5.06 Å². The van der Waals surface area contributed by atoms with Crippen molar-refractivity contribution in [3.8, 4) is 0 Å². The fourth-order valence-corrected chi connectivity index (χ4v) is 0.886. The summed E-state index contributed by atoms with van der Waals surface area (Å²) in [5.74, 6) is -5.32. The molecule has 0 atom stereocenters. The first-order chi connectivity index (χ1) is 7.99. The van der Waals surface area contributed by atoms with E-state index < -0.39 is 30.1 Å². The largest absolute Gasteiger partial charge is 0.444 e. The van der Waals surface area contributed by atoms with Crippen LogP contribution in [0.3, 0.4) is 0 Å². The second kappa shape index (κ2) is 5.94. The maximum atomic E-state index is 13.3. The Bertz CT molecular complexity index is 315. The lowest BCUT2D eigenvalue weighted by atomic mass is 10.2. The van der Waals surface area contributed by atoms with Gasteiger partial charge in [-0.3, -0.25) is 9.63 Å². The predicted octanol–water partition coefficient (Wildman–Crippen LogP) is 1.17. The molecule has 0 radical (unpaired) electrons. The van der Waals surface area contributed by atoms with E-state index in [-0.39, 0.29) is 0 Å². The van der Waals surface area contributed by atoms with Crippen molar-refractivity contribution in [3.63, 3.8) is 0 Å². The number of rotatable bonds is 4. The number of ether oxygens (including phenoxy) is 1. The molecule has 0 aliphatic heterocycles. The number of hydrogen-bond acceptors (Lipinski definition) is 4. The molecule has 0 aromatic rings. The maximum absolute atomic E-state index is 13.3. The van der Waals surface area contributed by atoms with E-state index in [1.54, 1.807) is 20.8 Å². The fraction of sp³-hybridized carbons (Fsp3) is 0.800. The van der Waals surface area contributed by atoms with Crippen LogP contribution in [-0.2, 0) is 14.4 Å². The summed E-state index contributed by atoms with van der Waals surface area (Å²) in [4.78, 5) is 26.6. The average molecular weight is 268 g/mol. The number of carbonyl (C=O) groups excluding carboxylic acids is 2. The molecule has 0 rings (SSSR count). The summed E-state index contributed by atoms with van der Waals surface area (Å²) in [6.45, 7) is 3.62. The molecule has 8 heteroatoms. The third-order valence-electron chi connectivity index (χ3n) is 1.73. The van der Waals surface area contributed by atoms with Crippen LogP contribution in [0.15, 0.2) is 0 Å². The van der Waals surface area contributed by atoms with Gasteiger partial charge in [-0.15, -0.1) is 0 Å². The second-order valence-corrected chi connectivity index (χ2v) is 4.55. The van der Waals surface area contributed by atoms with Crippen LogP contribution in [0.1, 0.15) is 20.8 Å². The number of hydrogen-bond donors (Lipinski definition) is 1. The van der Waals surface area contributed by atoms with Gasteiger partial charge in [0, 0.05) is 7.05 Å². The fourth-order valence-electron chi connectivity index (χ4n) is 0.886. The molecule has 6 nitrogen and oxygen atoms in total. The van der Waals surface area contributed by atoms with Gasteiger partial charge in [-0.2, -0.15) is 8.78 Å². The Hall–Kier alpha value is -1.44. The van der Waals surface area contributed by atoms with Gasteiger partial charge in [-0.05, 0) is 20.8 Å². The van der Waals surface area contributed by atoms with Gasteiger partial charge in [0.2, 0.25) is 0 Å². The van der Waals surface area contributed by atoms with Crippen molar-refractivity contribution in [3.05, 3.63) is 0 Å². The minimum atomic E-state index is -3.76. The molecule has 0 saturated carbocycles. The van der Waals surface area contributed by atoms with Crippen molar-refractivity contribution < 1.29 is 27.9 Å². The van der Waals surface area contributed by atoms with Crippen molar-refractivity contribution in [2.24, 2.45) is 0 Å². The minimum absolute atomic E-state index is 0.386. The van der Waals surface area contributed by atoms with E-state index in [2.05, 4.69) is 4.84 Å². The van der Waals surface area contributed by atoms with Gasteiger partial charge in [0.25, 0.3) is 0 Å². The Morgan fingerprint density at radius 2 is 1.78 bits per heavy atom. The van der Waals surface area contributed by atoms with Crippen molar-refractivity contribution >= 4 is 12.0 Å². The quantitative estimate of drug-likeness (QED) is 0.777. The zero-order valence-corrected chi connectivity index (χ0v) is 11.0. The van der Waals surface area contributed by atoms with Crippen LogP contribution in [-0.4, -0.2) is 49.3 Å². The summed E-state index contributed by atoms with van der Waals surface area (Å²) in [5.41, 5.74) is -0.799. The number of alkyl halides is 2. The first-order valence-electron chi connectivity index (χ1n) is 5.16. The summed E-state index contributed by atoms with van der Waals surface area (Å²) in [6.07, 6.45) is -1.02. The predicted molar refractivity (Wildman–Crippen MR) is 59.0 cm³/mol. The third-order valence-corrected chi connectivity index (χ3v) is 1.73. The third kappa shape index (κ3) is 5.76. The van der Waals surface area contributed by atoms with E-state index in [4.69, 9.17) is 4.74 Å². The number of nitrogens with zero attached hydrogens (tertiary/aromatic N) is 1. The van der Waals surface area contributed by atoms with Gasteiger partial charge < -0.3 is 10.1 Å². The van der Waals surface area contributed by atoms with Gasteiger partial charge >= 0.3 is 17.9 Å². The van der Waals surface area contributed by atoms with Gasteiger partial charge in [0.15, 0.2) is 0 Å². The lowest BCUT2D eigenvalue weighted by Crippen LogP contribution is -2.49. The molecule has 0 aliphatic carbocycles. The first-order valence-corrected chi connectivity index (χ1v) is 5.16. The number of nitrogens with one attached hydrogen (secondary N) is 1. The standard InChI is InChI=1S/C10H18F2N2O4/c1-9(2,3)18-8(16)13-6-10(11,12)7(15)14(4)17-5/h6H2,1-5H3,(H,13,16). The smallest absolute Gasteiger partial charge is 0.407 e. The molecule has 0 aromatic heterocycles. The summed E-state index contributed by atoms with van der Waals surface area (Å²) in [6, 6.07) is 0. The van der Waals surface area contributed by atoms with Crippen LogP contribution >= 0.6 is 0 Å². The Kier molecular flexibility index (Phi) is 5.47. The first kappa shape index (κ1) is 16.6. The summed E-state index contributed by atoms with van der Waals surface area (Å²) in [5, 5.41) is 2.21. The maximum Gasteiger partial charge on any atom is 0.407 e. The Labute approximate surface area is 104 Å². The van der Waals surface area contributed by atoms with Gasteiger partial charge in [-0.25, -0.2) is 9.86 Å².